The van der Waals surface area contributed by atoms with Crippen LogP contribution < -0.4 is 5.32 Å². The third-order valence-corrected chi connectivity index (χ3v) is 7.95. The molecule has 18 heavy (non-hydrogen) atoms. The molecular weight excluding hydrogens is 250 g/mol. The minimum Gasteiger partial charge on any atom is -0.480 e. The van der Waals surface area contributed by atoms with E-state index in [0.717, 1.165) is 0 Å². The van der Waals surface area contributed by atoms with Crippen molar-refractivity contribution in [2.75, 3.05) is 0 Å². The van der Waals surface area contributed by atoms with E-state index in [2.05, 4.69) is 39.2 Å². The van der Waals surface area contributed by atoms with Gasteiger partial charge in [-0.3, -0.25) is 4.79 Å². The third-order valence-electron chi connectivity index (χ3n) is 3.38. The molecule has 0 aliphatic carbocycles. The second-order valence-electron chi connectivity index (χ2n) is 6.10. The zero-order chi connectivity index (χ0) is 14.7. The van der Waals surface area contributed by atoms with E-state index in [1.807, 2.05) is 0 Å². The summed E-state index contributed by atoms with van der Waals surface area (Å²) in [6, 6.07) is -1.00. The van der Waals surface area contributed by atoms with Gasteiger partial charge in [-0.05, 0) is 25.1 Å². The molecule has 0 rings (SSSR count). The number of rotatable bonds is 5. The molecule has 0 unspecified atom stereocenters. The van der Waals surface area contributed by atoms with Crippen LogP contribution in [-0.2, 0) is 14.0 Å². The molecule has 0 aliphatic rings. The van der Waals surface area contributed by atoms with Crippen molar-refractivity contribution in [3.8, 4) is 0 Å². The van der Waals surface area contributed by atoms with Gasteiger partial charge in [-0.2, -0.15) is 0 Å². The molecule has 0 aromatic rings. The fraction of sp³-hybridized carbons (Fsp3) is 0.833. The Labute approximate surface area is 110 Å². The van der Waals surface area contributed by atoms with Crippen molar-refractivity contribution >= 4 is 20.2 Å². The van der Waals surface area contributed by atoms with Crippen LogP contribution in [0.3, 0.4) is 0 Å². The maximum absolute atomic E-state index is 11.1. The highest BCUT2D eigenvalue weighted by atomic mass is 28.4. The molecule has 1 amide bonds. The number of carboxylic acids is 1. The zero-order valence-corrected chi connectivity index (χ0v) is 13.3. The molecule has 0 spiro atoms. The number of carbonyl (C=O) groups excluding carboxylic acids is 1. The minimum atomic E-state index is -2.04. The fourth-order valence-electron chi connectivity index (χ4n) is 1.31. The van der Waals surface area contributed by atoms with E-state index < -0.39 is 26.4 Å². The molecule has 5 nitrogen and oxygen atoms in total. The number of aliphatic carboxylic acids is 1. The molecule has 0 aliphatic heterocycles. The van der Waals surface area contributed by atoms with Gasteiger partial charge in [-0.25, -0.2) is 4.79 Å². The van der Waals surface area contributed by atoms with E-state index in [0.29, 0.717) is 0 Å². The lowest BCUT2D eigenvalue weighted by Gasteiger charge is -2.39. The number of carbonyl (C=O) groups is 2. The summed E-state index contributed by atoms with van der Waals surface area (Å²) < 4.78 is 5.97. The van der Waals surface area contributed by atoms with Crippen LogP contribution in [-0.4, -0.2) is 37.4 Å². The summed E-state index contributed by atoms with van der Waals surface area (Å²) >= 11 is 0. The van der Waals surface area contributed by atoms with Crippen LogP contribution in [0.2, 0.25) is 18.1 Å². The van der Waals surface area contributed by atoms with E-state index in [1.165, 1.54) is 6.92 Å². The van der Waals surface area contributed by atoms with Crippen molar-refractivity contribution in [2.24, 2.45) is 0 Å². The van der Waals surface area contributed by atoms with Crippen LogP contribution in [0.5, 0.6) is 0 Å². The van der Waals surface area contributed by atoms with Gasteiger partial charge in [0.2, 0.25) is 5.91 Å². The summed E-state index contributed by atoms with van der Waals surface area (Å²) in [5.41, 5.74) is 0. The predicted molar refractivity (Wildman–Crippen MR) is 73.0 cm³/mol. The highest BCUT2D eigenvalue weighted by molar-refractivity contribution is 6.74. The molecule has 0 fully saturated rings. The lowest BCUT2D eigenvalue weighted by Crippen LogP contribution is -2.53. The molecule has 6 heteroatoms. The summed E-state index contributed by atoms with van der Waals surface area (Å²) in [5.74, 6) is -1.44. The molecule has 2 atom stereocenters. The van der Waals surface area contributed by atoms with Gasteiger partial charge in [0.1, 0.15) is 0 Å². The van der Waals surface area contributed by atoms with Crippen molar-refractivity contribution in [3.63, 3.8) is 0 Å². The first-order valence-corrected chi connectivity index (χ1v) is 8.97. The molecule has 0 radical (unpaired) electrons. The average molecular weight is 275 g/mol. The molecule has 0 saturated carbocycles. The zero-order valence-electron chi connectivity index (χ0n) is 12.3. The van der Waals surface area contributed by atoms with Gasteiger partial charge in [0, 0.05) is 6.92 Å². The van der Waals surface area contributed by atoms with E-state index in [-0.39, 0.29) is 10.9 Å². The second kappa shape index (κ2) is 5.84. The predicted octanol–water partition coefficient (Wildman–Crippen LogP) is 1.99. The normalized spacial score (nSPS) is 15.9. The maximum atomic E-state index is 11.1. The monoisotopic (exact) mass is 275 g/mol. The lowest BCUT2D eigenvalue weighted by molar-refractivity contribution is -0.144. The smallest absolute Gasteiger partial charge is 0.328 e. The van der Waals surface area contributed by atoms with Crippen molar-refractivity contribution in [1.29, 1.82) is 0 Å². The Hall–Kier alpha value is -0.883. The number of hydrogen-bond acceptors (Lipinski definition) is 3. The Balaban J connectivity index is 4.86. The molecular formula is C12H25NO4Si. The molecule has 0 saturated heterocycles. The van der Waals surface area contributed by atoms with E-state index >= 15 is 0 Å². The highest BCUT2D eigenvalue weighted by Crippen LogP contribution is 2.37. The summed E-state index contributed by atoms with van der Waals surface area (Å²) in [7, 11) is -2.04. The Morgan fingerprint density at radius 1 is 1.28 bits per heavy atom. The maximum Gasteiger partial charge on any atom is 0.328 e. The Kier molecular flexibility index (Phi) is 5.55. The molecule has 0 heterocycles. The van der Waals surface area contributed by atoms with E-state index in [1.54, 1.807) is 6.92 Å². The number of amides is 1. The molecule has 2 N–H and O–H groups in total. The van der Waals surface area contributed by atoms with Gasteiger partial charge < -0.3 is 14.8 Å². The van der Waals surface area contributed by atoms with E-state index in [9.17, 15) is 9.59 Å². The Bertz CT molecular complexity index is 323. The number of nitrogens with one attached hydrogen (secondary N) is 1. The van der Waals surface area contributed by atoms with Crippen molar-refractivity contribution < 1.29 is 19.1 Å². The largest absolute Gasteiger partial charge is 0.480 e. The van der Waals surface area contributed by atoms with Crippen molar-refractivity contribution in [3.05, 3.63) is 0 Å². The first kappa shape index (κ1) is 17.1. The van der Waals surface area contributed by atoms with Gasteiger partial charge in [-0.15, -0.1) is 0 Å². The first-order chi connectivity index (χ1) is 7.88. The summed E-state index contributed by atoms with van der Waals surface area (Å²) in [6.07, 6.45) is -0.549. The number of carboxylic acid groups (broad SMARTS) is 1. The second-order valence-corrected chi connectivity index (χ2v) is 10.9. The fourth-order valence-corrected chi connectivity index (χ4v) is 2.73. The van der Waals surface area contributed by atoms with Crippen LogP contribution in [0.25, 0.3) is 0 Å². The minimum absolute atomic E-state index is 0.000533. The summed E-state index contributed by atoms with van der Waals surface area (Å²) in [6.45, 7) is 13.3. The SMILES string of the molecule is CC(=O)N[C@H](C(=O)O)[C@@H](C)O[Si](C)(C)C(C)(C)C. The Morgan fingerprint density at radius 3 is 2.00 bits per heavy atom. The Morgan fingerprint density at radius 2 is 1.72 bits per heavy atom. The molecule has 0 aromatic heterocycles. The molecule has 0 aromatic carbocycles. The van der Waals surface area contributed by atoms with Gasteiger partial charge in [0.25, 0.3) is 0 Å². The summed E-state index contributed by atoms with van der Waals surface area (Å²) in [4.78, 5) is 22.1. The number of hydrogen-bond donors (Lipinski definition) is 2. The van der Waals surface area contributed by atoms with Gasteiger partial charge >= 0.3 is 5.97 Å². The molecule has 0 bridgehead atoms. The van der Waals surface area contributed by atoms with Crippen molar-refractivity contribution in [1.82, 2.24) is 5.32 Å². The summed E-state index contributed by atoms with van der Waals surface area (Å²) in [5, 5.41) is 11.5. The lowest BCUT2D eigenvalue weighted by atomic mass is 10.2. The average Bonchev–Trinajstić information content (AvgIpc) is 2.10. The standard InChI is InChI=1S/C12H25NO4Si/c1-8(10(11(15)16)13-9(2)14)17-18(6,7)12(3,4)5/h8,10H,1-7H3,(H,13,14)(H,15,16)/t8-,10+/m1/s1. The highest BCUT2D eigenvalue weighted by Gasteiger charge is 2.41. The van der Waals surface area contributed by atoms with Gasteiger partial charge in [-0.1, -0.05) is 20.8 Å². The van der Waals surface area contributed by atoms with Crippen LogP contribution in [0.4, 0.5) is 0 Å². The van der Waals surface area contributed by atoms with Crippen LogP contribution in [0, 0.1) is 0 Å². The van der Waals surface area contributed by atoms with E-state index in [4.69, 9.17) is 9.53 Å². The van der Waals surface area contributed by atoms with Gasteiger partial charge in [0.15, 0.2) is 14.4 Å². The van der Waals surface area contributed by atoms with Crippen LogP contribution in [0.15, 0.2) is 0 Å². The van der Waals surface area contributed by atoms with Crippen molar-refractivity contribution in [2.45, 2.75) is 64.9 Å². The first-order valence-electron chi connectivity index (χ1n) is 6.06. The topological polar surface area (TPSA) is 75.6 Å². The third kappa shape index (κ3) is 4.78. The van der Waals surface area contributed by atoms with Crippen LogP contribution in [0.1, 0.15) is 34.6 Å². The quantitative estimate of drug-likeness (QED) is 0.752. The van der Waals surface area contributed by atoms with Crippen LogP contribution >= 0.6 is 0 Å². The molecule has 106 valence electrons. The van der Waals surface area contributed by atoms with Gasteiger partial charge in [0.05, 0.1) is 6.10 Å².